The lowest BCUT2D eigenvalue weighted by atomic mass is 9.90. The molecule has 1 saturated heterocycles. The van der Waals surface area contributed by atoms with E-state index in [1.807, 2.05) is 49.1 Å². The van der Waals surface area contributed by atoms with Gasteiger partial charge < -0.3 is 20.4 Å². The van der Waals surface area contributed by atoms with Gasteiger partial charge in [0.15, 0.2) is 5.82 Å². The maximum atomic E-state index is 12.5. The number of benzene rings is 2. The van der Waals surface area contributed by atoms with E-state index in [0.29, 0.717) is 42.1 Å². The van der Waals surface area contributed by atoms with Gasteiger partial charge in [-0.25, -0.2) is 4.98 Å². The third-order valence-electron chi connectivity index (χ3n) is 9.53. The molecule has 7 rings (SSSR count). The van der Waals surface area contributed by atoms with Crippen LogP contribution in [0, 0.1) is 0 Å². The molecule has 1 saturated carbocycles. The molecule has 46 heavy (non-hydrogen) atoms. The summed E-state index contributed by atoms with van der Waals surface area (Å²) in [4.78, 5) is 49.3. The van der Waals surface area contributed by atoms with E-state index in [9.17, 15) is 14.4 Å². The Kier molecular flexibility index (Phi) is 7.75. The molecule has 1 unspecified atom stereocenters. The molecule has 0 bridgehead atoms. The number of imide groups is 1. The van der Waals surface area contributed by atoms with E-state index in [1.54, 1.807) is 18.1 Å². The van der Waals surface area contributed by atoms with Crippen LogP contribution < -0.4 is 25.8 Å². The molecule has 4 aromatic rings. The summed E-state index contributed by atoms with van der Waals surface area (Å²) in [6.07, 6.45) is 6.73. The van der Waals surface area contributed by atoms with E-state index in [1.165, 1.54) is 0 Å². The van der Waals surface area contributed by atoms with Crippen LogP contribution in [0.2, 0.25) is 5.02 Å². The van der Waals surface area contributed by atoms with Gasteiger partial charge in [-0.05, 0) is 74.1 Å². The smallest absolute Gasteiger partial charge is 0.235 e. The first-order valence-corrected chi connectivity index (χ1v) is 16.0. The minimum absolute atomic E-state index is 0.0798. The number of hydrogen-bond donors (Lipinski definition) is 3. The van der Waals surface area contributed by atoms with Crippen LogP contribution >= 0.6 is 11.6 Å². The number of nitrogens with one attached hydrogen (secondary N) is 3. The summed E-state index contributed by atoms with van der Waals surface area (Å²) >= 11 is 6.48. The van der Waals surface area contributed by atoms with Crippen molar-refractivity contribution in [2.24, 2.45) is 7.05 Å². The molecule has 13 heteroatoms. The number of aryl methyl sites for hydroxylation is 1. The van der Waals surface area contributed by atoms with Crippen LogP contribution in [-0.2, 0) is 27.9 Å². The van der Waals surface area contributed by atoms with Gasteiger partial charge in [-0.1, -0.05) is 11.6 Å². The minimum Gasteiger partial charge on any atom is -0.382 e. The Morgan fingerprint density at radius 2 is 1.78 bits per heavy atom. The fraction of sp³-hybridized carbons (Fsp3) is 0.394. The number of likely N-dealkylation sites (N-methyl/N-ethyl adjacent to an activating group) is 1. The molecule has 0 spiro atoms. The zero-order chi connectivity index (χ0) is 32.1. The highest BCUT2D eigenvalue weighted by molar-refractivity contribution is 6.32. The van der Waals surface area contributed by atoms with Crippen molar-refractivity contribution >= 4 is 69.1 Å². The van der Waals surface area contributed by atoms with Crippen molar-refractivity contribution in [2.45, 2.75) is 62.9 Å². The second kappa shape index (κ2) is 11.9. The van der Waals surface area contributed by atoms with Crippen LogP contribution in [0.5, 0.6) is 0 Å². The number of aromatic nitrogens is 4. The summed E-state index contributed by atoms with van der Waals surface area (Å²) in [6, 6.07) is 12.6. The molecule has 4 heterocycles. The Morgan fingerprint density at radius 3 is 2.57 bits per heavy atom. The summed E-state index contributed by atoms with van der Waals surface area (Å²) in [5.74, 6) is 0.289. The third kappa shape index (κ3) is 5.61. The quantitative estimate of drug-likeness (QED) is 0.246. The zero-order valence-corrected chi connectivity index (χ0v) is 26.8. The first-order valence-electron chi connectivity index (χ1n) is 15.6. The standard InChI is InChI=1S/C33H36ClN9O3/c1-41(33-35-17-25(34)31(39-33)37-20-7-12-26-18(14-20)15-29(45)42(26)2)22-8-4-19(5-9-22)36-21-6-10-23-27(16-21)43(3)40-30(23)24-11-13-28(44)38-32(24)46/h6-7,10,12,14,16-17,19,22,24,36H,4-5,8-9,11,13,15H2,1-3H3,(H,35,37,39)(H,38,44,46). The van der Waals surface area contributed by atoms with Crippen molar-refractivity contribution in [1.29, 1.82) is 0 Å². The number of fused-ring (bicyclic) bond motifs is 2. The molecular weight excluding hydrogens is 606 g/mol. The van der Waals surface area contributed by atoms with Crippen LogP contribution in [-0.4, -0.2) is 63.6 Å². The molecular formula is C33H36ClN9O3. The number of carbonyl (C=O) groups is 3. The zero-order valence-electron chi connectivity index (χ0n) is 26.0. The van der Waals surface area contributed by atoms with Crippen molar-refractivity contribution in [2.75, 3.05) is 34.5 Å². The predicted molar refractivity (Wildman–Crippen MR) is 178 cm³/mol. The molecule has 1 atom stereocenters. The molecule has 2 fully saturated rings. The fourth-order valence-corrected chi connectivity index (χ4v) is 7.03. The van der Waals surface area contributed by atoms with E-state index >= 15 is 0 Å². The monoisotopic (exact) mass is 641 g/mol. The van der Waals surface area contributed by atoms with Gasteiger partial charge in [0.1, 0.15) is 5.02 Å². The van der Waals surface area contributed by atoms with Gasteiger partial charge in [0, 0.05) is 62.1 Å². The minimum atomic E-state index is -0.419. The predicted octanol–water partition coefficient (Wildman–Crippen LogP) is 4.66. The van der Waals surface area contributed by atoms with E-state index in [-0.39, 0.29) is 23.8 Å². The second-order valence-corrected chi connectivity index (χ2v) is 12.9. The van der Waals surface area contributed by atoms with Crippen LogP contribution in [0.15, 0.2) is 42.6 Å². The lowest BCUT2D eigenvalue weighted by Gasteiger charge is -2.35. The highest BCUT2D eigenvalue weighted by Gasteiger charge is 2.32. The van der Waals surface area contributed by atoms with E-state index < -0.39 is 5.92 Å². The van der Waals surface area contributed by atoms with Gasteiger partial charge in [-0.3, -0.25) is 24.4 Å². The number of piperidine rings is 1. The van der Waals surface area contributed by atoms with Crippen LogP contribution in [0.3, 0.4) is 0 Å². The molecule has 1 aliphatic carbocycles. The van der Waals surface area contributed by atoms with Crippen LogP contribution in [0.25, 0.3) is 10.9 Å². The number of anilines is 5. The molecule has 3 aliphatic rings. The van der Waals surface area contributed by atoms with Crippen molar-refractivity contribution in [3.05, 3.63) is 58.9 Å². The first kappa shape index (κ1) is 30.0. The van der Waals surface area contributed by atoms with Crippen molar-refractivity contribution < 1.29 is 14.4 Å². The number of amides is 3. The lowest BCUT2D eigenvalue weighted by molar-refractivity contribution is -0.134. The van der Waals surface area contributed by atoms with Crippen LogP contribution in [0.4, 0.5) is 28.8 Å². The van der Waals surface area contributed by atoms with Crippen molar-refractivity contribution in [3.63, 3.8) is 0 Å². The van der Waals surface area contributed by atoms with Gasteiger partial charge >= 0.3 is 0 Å². The number of halogens is 1. The van der Waals surface area contributed by atoms with Gasteiger partial charge in [0.05, 0.1) is 29.7 Å². The Hall–Kier alpha value is -4.71. The highest BCUT2D eigenvalue weighted by atomic mass is 35.5. The number of nitrogens with zero attached hydrogens (tertiary/aromatic N) is 6. The second-order valence-electron chi connectivity index (χ2n) is 12.5. The van der Waals surface area contributed by atoms with E-state index in [4.69, 9.17) is 16.6 Å². The summed E-state index contributed by atoms with van der Waals surface area (Å²) < 4.78 is 1.81. The number of carbonyl (C=O) groups excluding carboxylic acids is 3. The van der Waals surface area contributed by atoms with Gasteiger partial charge in [0.25, 0.3) is 0 Å². The number of hydrogen-bond acceptors (Lipinski definition) is 9. The van der Waals surface area contributed by atoms with Crippen LogP contribution in [0.1, 0.15) is 55.7 Å². The van der Waals surface area contributed by atoms with Gasteiger partial charge in [-0.15, -0.1) is 0 Å². The Labute approximate surface area is 271 Å². The third-order valence-corrected chi connectivity index (χ3v) is 9.81. The fourth-order valence-electron chi connectivity index (χ4n) is 6.89. The maximum Gasteiger partial charge on any atom is 0.235 e. The molecule has 12 nitrogen and oxygen atoms in total. The largest absolute Gasteiger partial charge is 0.382 e. The van der Waals surface area contributed by atoms with E-state index in [0.717, 1.165) is 64.9 Å². The molecule has 238 valence electrons. The summed E-state index contributed by atoms with van der Waals surface area (Å²) in [5.41, 5.74) is 5.40. The Balaban J connectivity index is 0.982. The Morgan fingerprint density at radius 1 is 1.00 bits per heavy atom. The SMILES string of the molecule is CN1C(=O)Cc2cc(Nc3nc(N(C)C4CCC(Nc5ccc6c(C7CCC(=O)NC7=O)nn(C)c6c5)CC4)ncc3Cl)ccc21. The normalized spacial score (nSPS) is 21.3. The van der Waals surface area contributed by atoms with Gasteiger partial charge in [0.2, 0.25) is 23.7 Å². The maximum absolute atomic E-state index is 12.5. The summed E-state index contributed by atoms with van der Waals surface area (Å²) in [6.45, 7) is 0. The molecule has 3 amide bonds. The molecule has 2 aromatic heterocycles. The van der Waals surface area contributed by atoms with E-state index in [2.05, 4.69) is 37.0 Å². The first-order chi connectivity index (χ1) is 22.1. The average Bonchev–Trinajstić information content (AvgIpc) is 3.52. The Bertz CT molecular complexity index is 1870. The van der Waals surface area contributed by atoms with Gasteiger partial charge in [-0.2, -0.15) is 10.1 Å². The molecule has 0 radical (unpaired) electrons. The summed E-state index contributed by atoms with van der Waals surface area (Å²) in [7, 11) is 5.70. The van der Waals surface area contributed by atoms with Crippen molar-refractivity contribution in [3.8, 4) is 0 Å². The average molecular weight is 642 g/mol. The lowest BCUT2D eigenvalue weighted by Crippen LogP contribution is -2.39. The van der Waals surface area contributed by atoms with Crippen molar-refractivity contribution in [1.82, 2.24) is 25.1 Å². The summed E-state index contributed by atoms with van der Waals surface area (Å²) in [5, 5.41) is 15.5. The molecule has 3 N–H and O–H groups in total. The molecule has 2 aromatic carbocycles. The number of rotatable bonds is 7. The highest BCUT2D eigenvalue weighted by Crippen LogP contribution is 2.35. The topological polar surface area (TPSA) is 137 Å². The molecule has 2 aliphatic heterocycles.